The van der Waals surface area contributed by atoms with E-state index in [0.717, 1.165) is 17.8 Å². The number of hydrogen-bond acceptors (Lipinski definition) is 2. The van der Waals surface area contributed by atoms with E-state index in [1.54, 1.807) is 30.7 Å². The maximum Gasteiger partial charge on any atom is 0.0997 e. The molecule has 5 heteroatoms. The standard InChI is InChI=1S/C13H14Cl2N2O/c1-2-17-8-16-7-12(17)13(18)6-9-10(14)4-3-5-11(9)15/h3-5,7-8,13,18H,2,6H2,1H3. The molecule has 0 aliphatic rings. The molecule has 18 heavy (non-hydrogen) atoms. The Balaban J connectivity index is 2.24. The third-order valence-electron chi connectivity index (χ3n) is 2.89. The zero-order valence-electron chi connectivity index (χ0n) is 9.98. The van der Waals surface area contributed by atoms with Crippen LogP contribution in [-0.2, 0) is 13.0 Å². The van der Waals surface area contributed by atoms with E-state index in [4.69, 9.17) is 23.2 Å². The van der Waals surface area contributed by atoms with Crippen molar-refractivity contribution in [3.05, 3.63) is 52.0 Å². The summed E-state index contributed by atoms with van der Waals surface area (Å²) in [4.78, 5) is 4.04. The number of rotatable bonds is 4. The van der Waals surface area contributed by atoms with Crippen LogP contribution >= 0.6 is 23.2 Å². The number of hydrogen-bond donors (Lipinski definition) is 1. The van der Waals surface area contributed by atoms with Crippen molar-refractivity contribution in [2.24, 2.45) is 0 Å². The van der Waals surface area contributed by atoms with Crippen molar-refractivity contribution in [3.63, 3.8) is 0 Å². The molecule has 2 aromatic rings. The van der Waals surface area contributed by atoms with E-state index in [1.165, 1.54) is 0 Å². The first-order valence-electron chi connectivity index (χ1n) is 5.74. The van der Waals surface area contributed by atoms with Crippen LogP contribution in [-0.4, -0.2) is 14.7 Å². The summed E-state index contributed by atoms with van der Waals surface area (Å²) in [6.45, 7) is 2.77. The molecule has 1 unspecified atom stereocenters. The molecule has 0 aliphatic heterocycles. The number of imidazole rings is 1. The lowest BCUT2D eigenvalue weighted by Gasteiger charge is -2.14. The zero-order valence-corrected chi connectivity index (χ0v) is 11.5. The van der Waals surface area contributed by atoms with Gasteiger partial charge < -0.3 is 9.67 Å². The van der Waals surface area contributed by atoms with E-state index >= 15 is 0 Å². The van der Waals surface area contributed by atoms with Crippen LogP contribution in [0.1, 0.15) is 24.3 Å². The molecule has 0 saturated heterocycles. The van der Waals surface area contributed by atoms with Gasteiger partial charge in [0.1, 0.15) is 0 Å². The van der Waals surface area contributed by atoms with Gasteiger partial charge in [-0.05, 0) is 24.6 Å². The molecule has 96 valence electrons. The average Bonchev–Trinajstić information content (AvgIpc) is 2.82. The molecule has 0 spiro atoms. The molecule has 1 heterocycles. The number of aryl methyl sites for hydroxylation is 1. The van der Waals surface area contributed by atoms with E-state index in [0.29, 0.717) is 16.5 Å². The summed E-state index contributed by atoms with van der Waals surface area (Å²) in [5.41, 5.74) is 1.53. The maximum absolute atomic E-state index is 10.2. The van der Waals surface area contributed by atoms with Gasteiger partial charge in [0.05, 0.1) is 24.3 Å². The van der Waals surface area contributed by atoms with Gasteiger partial charge in [-0.15, -0.1) is 0 Å². The number of nitrogens with zero attached hydrogens (tertiary/aromatic N) is 2. The number of aromatic nitrogens is 2. The normalized spacial score (nSPS) is 12.7. The molecule has 0 radical (unpaired) electrons. The molecule has 1 N–H and O–H groups in total. The fourth-order valence-corrected chi connectivity index (χ4v) is 2.45. The fourth-order valence-electron chi connectivity index (χ4n) is 1.90. The monoisotopic (exact) mass is 284 g/mol. The van der Waals surface area contributed by atoms with E-state index < -0.39 is 6.10 Å². The van der Waals surface area contributed by atoms with Crippen LogP contribution in [0.15, 0.2) is 30.7 Å². The largest absolute Gasteiger partial charge is 0.386 e. The fraction of sp³-hybridized carbons (Fsp3) is 0.308. The summed E-state index contributed by atoms with van der Waals surface area (Å²) >= 11 is 12.2. The first-order chi connectivity index (χ1) is 8.63. The van der Waals surface area contributed by atoms with Gasteiger partial charge in [-0.2, -0.15) is 0 Å². The van der Waals surface area contributed by atoms with Gasteiger partial charge in [0, 0.05) is 23.0 Å². The van der Waals surface area contributed by atoms with E-state index in [9.17, 15) is 5.11 Å². The Kier molecular flexibility index (Phi) is 4.27. The first-order valence-corrected chi connectivity index (χ1v) is 6.50. The van der Waals surface area contributed by atoms with Crippen molar-refractivity contribution in [2.75, 3.05) is 0 Å². The summed E-state index contributed by atoms with van der Waals surface area (Å²) in [5, 5.41) is 11.4. The molecule has 1 atom stereocenters. The van der Waals surface area contributed by atoms with Crippen LogP contribution in [0.5, 0.6) is 0 Å². The molecular formula is C13H14Cl2N2O. The van der Waals surface area contributed by atoms with Crippen molar-refractivity contribution in [3.8, 4) is 0 Å². The SMILES string of the molecule is CCn1cncc1C(O)Cc1c(Cl)cccc1Cl. The summed E-state index contributed by atoms with van der Waals surface area (Å²) in [7, 11) is 0. The summed E-state index contributed by atoms with van der Waals surface area (Å²) in [6.07, 6.45) is 3.08. The maximum atomic E-state index is 10.2. The number of benzene rings is 1. The molecule has 1 aromatic carbocycles. The molecule has 0 aliphatic carbocycles. The van der Waals surface area contributed by atoms with E-state index in [2.05, 4.69) is 4.98 Å². The highest BCUT2D eigenvalue weighted by molar-refractivity contribution is 6.35. The van der Waals surface area contributed by atoms with Crippen molar-refractivity contribution in [1.82, 2.24) is 9.55 Å². The Morgan fingerprint density at radius 1 is 1.33 bits per heavy atom. The van der Waals surface area contributed by atoms with E-state index in [-0.39, 0.29) is 0 Å². The lowest BCUT2D eigenvalue weighted by molar-refractivity contribution is 0.169. The Hall–Kier alpha value is -1.03. The van der Waals surface area contributed by atoms with Gasteiger partial charge in [0.2, 0.25) is 0 Å². The van der Waals surface area contributed by atoms with Crippen LogP contribution in [0.4, 0.5) is 0 Å². The quantitative estimate of drug-likeness (QED) is 0.933. The van der Waals surface area contributed by atoms with Crippen molar-refractivity contribution < 1.29 is 5.11 Å². The highest BCUT2D eigenvalue weighted by atomic mass is 35.5. The van der Waals surface area contributed by atoms with Crippen LogP contribution in [0.2, 0.25) is 10.0 Å². The van der Waals surface area contributed by atoms with Crippen LogP contribution < -0.4 is 0 Å². The second-order valence-electron chi connectivity index (χ2n) is 4.02. The minimum absolute atomic E-state index is 0.379. The van der Waals surface area contributed by atoms with Gasteiger partial charge in [0.25, 0.3) is 0 Å². The molecule has 0 fully saturated rings. The lowest BCUT2D eigenvalue weighted by atomic mass is 10.1. The Morgan fingerprint density at radius 2 is 2.00 bits per heavy atom. The molecule has 1 aromatic heterocycles. The molecule has 0 bridgehead atoms. The molecule has 3 nitrogen and oxygen atoms in total. The first kappa shape index (κ1) is 13.4. The third-order valence-corrected chi connectivity index (χ3v) is 3.59. The van der Waals surface area contributed by atoms with Gasteiger partial charge in [0.15, 0.2) is 0 Å². The molecule has 2 rings (SSSR count). The van der Waals surface area contributed by atoms with Crippen LogP contribution in [0, 0.1) is 0 Å². The average molecular weight is 285 g/mol. The van der Waals surface area contributed by atoms with Gasteiger partial charge in [-0.25, -0.2) is 4.98 Å². The summed E-state index contributed by atoms with van der Waals surface area (Å²) in [6, 6.07) is 5.33. The zero-order chi connectivity index (χ0) is 13.1. The second-order valence-corrected chi connectivity index (χ2v) is 4.84. The summed E-state index contributed by atoms with van der Waals surface area (Å²) in [5.74, 6) is 0. The lowest BCUT2D eigenvalue weighted by Crippen LogP contribution is -2.09. The Morgan fingerprint density at radius 3 is 2.61 bits per heavy atom. The van der Waals surface area contributed by atoms with Crippen molar-refractivity contribution >= 4 is 23.2 Å². The second kappa shape index (κ2) is 5.74. The number of aliphatic hydroxyl groups is 1. The summed E-state index contributed by atoms with van der Waals surface area (Å²) < 4.78 is 1.90. The Bertz CT molecular complexity index is 519. The highest BCUT2D eigenvalue weighted by Crippen LogP contribution is 2.29. The van der Waals surface area contributed by atoms with Crippen molar-refractivity contribution in [1.29, 1.82) is 0 Å². The molecular weight excluding hydrogens is 271 g/mol. The van der Waals surface area contributed by atoms with Gasteiger partial charge >= 0.3 is 0 Å². The van der Waals surface area contributed by atoms with Gasteiger partial charge in [-0.3, -0.25) is 0 Å². The number of halogens is 2. The van der Waals surface area contributed by atoms with E-state index in [1.807, 2.05) is 11.5 Å². The topological polar surface area (TPSA) is 38.0 Å². The van der Waals surface area contributed by atoms with Crippen LogP contribution in [0.3, 0.4) is 0 Å². The minimum Gasteiger partial charge on any atom is -0.386 e. The van der Waals surface area contributed by atoms with Gasteiger partial charge in [-0.1, -0.05) is 29.3 Å². The smallest absolute Gasteiger partial charge is 0.0997 e. The minimum atomic E-state index is -0.662. The Labute approximate surface area is 116 Å². The van der Waals surface area contributed by atoms with Crippen molar-refractivity contribution in [2.45, 2.75) is 26.0 Å². The molecule has 0 saturated carbocycles. The predicted molar refractivity (Wildman–Crippen MR) is 73.0 cm³/mol. The van der Waals surface area contributed by atoms with Crippen LogP contribution in [0.25, 0.3) is 0 Å². The highest BCUT2D eigenvalue weighted by Gasteiger charge is 2.16. The number of aliphatic hydroxyl groups excluding tert-OH is 1. The predicted octanol–water partition coefficient (Wildman–Crippen LogP) is 3.49. The third kappa shape index (κ3) is 2.69. The molecule has 0 amide bonds.